The van der Waals surface area contributed by atoms with E-state index in [0.29, 0.717) is 22.6 Å². The van der Waals surface area contributed by atoms with Gasteiger partial charge in [-0.1, -0.05) is 23.8 Å². The number of ether oxygens (including phenoxy) is 1. The highest BCUT2D eigenvalue weighted by molar-refractivity contribution is 7.92. The molecule has 0 aliphatic heterocycles. The summed E-state index contributed by atoms with van der Waals surface area (Å²) < 4.78 is 33.2. The number of hydrogen-bond acceptors (Lipinski definition) is 5. The van der Waals surface area contributed by atoms with Crippen LogP contribution < -0.4 is 14.9 Å². The zero-order valence-corrected chi connectivity index (χ0v) is 20.3. The summed E-state index contributed by atoms with van der Waals surface area (Å²) in [6.45, 7) is 5.64. The number of carbonyl (C=O) groups excluding carboxylic acids is 2. The van der Waals surface area contributed by atoms with Gasteiger partial charge in [-0.25, -0.2) is 13.2 Å². The molecule has 0 fully saturated rings. The third kappa shape index (κ3) is 5.93. The van der Waals surface area contributed by atoms with E-state index in [1.54, 1.807) is 63.4 Å². The van der Waals surface area contributed by atoms with Gasteiger partial charge in [-0.2, -0.15) is 0 Å². The molecule has 2 N–H and O–H groups in total. The lowest BCUT2D eigenvalue weighted by Gasteiger charge is -2.17. The summed E-state index contributed by atoms with van der Waals surface area (Å²) in [5.41, 5.74) is 3.41. The summed E-state index contributed by atoms with van der Waals surface area (Å²) >= 11 is 0. The lowest BCUT2D eigenvalue weighted by molar-refractivity contribution is 0.102. The predicted octanol–water partition coefficient (Wildman–Crippen LogP) is 4.95. The highest BCUT2D eigenvalue weighted by atomic mass is 32.2. The Morgan fingerprint density at radius 2 is 1.53 bits per heavy atom. The van der Waals surface area contributed by atoms with Crippen LogP contribution in [-0.4, -0.2) is 34.1 Å². The lowest BCUT2D eigenvalue weighted by atomic mass is 10.1. The zero-order valence-electron chi connectivity index (χ0n) is 19.5. The first-order chi connectivity index (χ1) is 16.1. The number of hydrogen-bond donors (Lipinski definition) is 2. The predicted molar refractivity (Wildman–Crippen MR) is 133 cm³/mol. The number of benzene rings is 3. The molecule has 3 aromatic rings. The maximum absolute atomic E-state index is 12.9. The van der Waals surface area contributed by atoms with Crippen molar-refractivity contribution in [1.29, 1.82) is 0 Å². The standard InChI is InChI=1S/C25H27N3O5S/c1-5-33-25(30)28(4)21-13-11-19(12-14-21)26-24(29)23-16-22(15-8-18(23)3)34(31,32)27-20-9-6-17(2)7-10-20/h6-16,27H,5H2,1-4H3,(H,26,29). The Labute approximate surface area is 199 Å². The monoisotopic (exact) mass is 481 g/mol. The van der Waals surface area contributed by atoms with Gasteiger partial charge >= 0.3 is 6.09 Å². The van der Waals surface area contributed by atoms with Crippen LogP contribution >= 0.6 is 0 Å². The average molecular weight is 482 g/mol. The molecule has 9 heteroatoms. The van der Waals surface area contributed by atoms with Crippen molar-refractivity contribution in [3.05, 3.63) is 83.4 Å². The number of nitrogens with zero attached hydrogens (tertiary/aromatic N) is 1. The van der Waals surface area contributed by atoms with E-state index in [-0.39, 0.29) is 17.1 Å². The second kappa shape index (κ2) is 10.4. The van der Waals surface area contributed by atoms with Crippen LogP contribution in [0.5, 0.6) is 0 Å². The first-order valence-electron chi connectivity index (χ1n) is 10.6. The fourth-order valence-electron chi connectivity index (χ4n) is 3.14. The van der Waals surface area contributed by atoms with E-state index in [2.05, 4.69) is 10.0 Å². The zero-order chi connectivity index (χ0) is 24.9. The van der Waals surface area contributed by atoms with Gasteiger partial charge in [0.25, 0.3) is 15.9 Å². The fourth-order valence-corrected chi connectivity index (χ4v) is 4.23. The normalized spacial score (nSPS) is 10.9. The molecule has 178 valence electrons. The third-order valence-electron chi connectivity index (χ3n) is 5.12. The molecule has 0 aliphatic rings. The van der Waals surface area contributed by atoms with Crippen molar-refractivity contribution in [2.75, 3.05) is 28.6 Å². The SMILES string of the molecule is CCOC(=O)N(C)c1ccc(NC(=O)c2cc(S(=O)(=O)Nc3ccc(C)cc3)ccc2C)cc1. The second-order valence-electron chi connectivity index (χ2n) is 7.71. The smallest absolute Gasteiger partial charge is 0.413 e. The maximum Gasteiger partial charge on any atom is 0.413 e. The number of nitrogens with one attached hydrogen (secondary N) is 2. The molecule has 0 radical (unpaired) electrons. The summed E-state index contributed by atoms with van der Waals surface area (Å²) in [4.78, 5) is 26.1. The van der Waals surface area contributed by atoms with Crippen LogP contribution in [0.2, 0.25) is 0 Å². The number of rotatable bonds is 7. The van der Waals surface area contributed by atoms with Gasteiger partial charge in [0.05, 0.1) is 11.5 Å². The van der Waals surface area contributed by atoms with Gasteiger partial charge in [-0.05, 0) is 74.9 Å². The number of anilines is 3. The maximum atomic E-state index is 12.9. The van der Waals surface area contributed by atoms with Crippen molar-refractivity contribution in [2.45, 2.75) is 25.7 Å². The molecular formula is C25H27N3O5S. The molecule has 3 rings (SSSR count). The van der Waals surface area contributed by atoms with Gasteiger partial charge in [0.1, 0.15) is 0 Å². The largest absolute Gasteiger partial charge is 0.449 e. The number of sulfonamides is 1. The minimum atomic E-state index is -3.88. The molecule has 3 aromatic carbocycles. The topological polar surface area (TPSA) is 105 Å². The number of amides is 2. The average Bonchev–Trinajstić information content (AvgIpc) is 2.80. The van der Waals surface area contributed by atoms with Gasteiger partial charge in [0.15, 0.2) is 0 Å². The van der Waals surface area contributed by atoms with Gasteiger partial charge < -0.3 is 10.1 Å². The molecule has 0 heterocycles. The van der Waals surface area contributed by atoms with E-state index < -0.39 is 22.0 Å². The van der Waals surface area contributed by atoms with Crippen molar-refractivity contribution < 1.29 is 22.7 Å². The molecule has 0 aromatic heterocycles. The highest BCUT2D eigenvalue weighted by Crippen LogP contribution is 2.22. The van der Waals surface area contributed by atoms with E-state index >= 15 is 0 Å². The Kier molecular flexibility index (Phi) is 7.57. The summed E-state index contributed by atoms with van der Waals surface area (Å²) in [6, 6.07) is 18.0. The summed E-state index contributed by atoms with van der Waals surface area (Å²) in [5, 5.41) is 2.77. The Morgan fingerprint density at radius 3 is 2.15 bits per heavy atom. The first kappa shape index (κ1) is 24.8. The van der Waals surface area contributed by atoms with Crippen LogP contribution in [0.3, 0.4) is 0 Å². The van der Waals surface area contributed by atoms with Gasteiger partial charge in [-0.3, -0.25) is 14.4 Å². The van der Waals surface area contributed by atoms with Crippen LogP contribution in [0.15, 0.2) is 71.6 Å². The molecule has 2 amide bonds. The van der Waals surface area contributed by atoms with Gasteiger partial charge in [0.2, 0.25) is 0 Å². The van der Waals surface area contributed by atoms with Crippen LogP contribution in [0, 0.1) is 13.8 Å². The highest BCUT2D eigenvalue weighted by Gasteiger charge is 2.19. The minimum absolute atomic E-state index is 0.0183. The van der Waals surface area contributed by atoms with E-state index in [1.165, 1.54) is 17.0 Å². The Morgan fingerprint density at radius 1 is 0.912 bits per heavy atom. The molecular weight excluding hydrogens is 454 g/mol. The summed E-state index contributed by atoms with van der Waals surface area (Å²) in [7, 11) is -2.29. The van der Waals surface area contributed by atoms with E-state index in [0.717, 1.165) is 5.56 Å². The number of carbonyl (C=O) groups is 2. The van der Waals surface area contributed by atoms with E-state index in [4.69, 9.17) is 4.74 Å². The van der Waals surface area contributed by atoms with Gasteiger partial charge in [-0.15, -0.1) is 0 Å². The molecule has 0 spiro atoms. The van der Waals surface area contributed by atoms with Crippen molar-refractivity contribution in [1.82, 2.24) is 0 Å². The van der Waals surface area contributed by atoms with Crippen molar-refractivity contribution >= 4 is 39.1 Å². The summed E-state index contributed by atoms with van der Waals surface area (Å²) in [5.74, 6) is -0.448. The molecule has 0 atom stereocenters. The fraction of sp³-hybridized carbons (Fsp3) is 0.200. The summed E-state index contributed by atoms with van der Waals surface area (Å²) in [6.07, 6.45) is -0.479. The molecule has 0 saturated carbocycles. The molecule has 8 nitrogen and oxygen atoms in total. The third-order valence-corrected chi connectivity index (χ3v) is 6.50. The van der Waals surface area contributed by atoms with Crippen molar-refractivity contribution in [3.8, 4) is 0 Å². The minimum Gasteiger partial charge on any atom is -0.449 e. The van der Waals surface area contributed by atoms with Crippen molar-refractivity contribution in [2.24, 2.45) is 0 Å². The molecule has 0 aliphatic carbocycles. The van der Waals surface area contributed by atoms with Crippen LogP contribution in [0.4, 0.5) is 21.9 Å². The number of aryl methyl sites for hydroxylation is 2. The van der Waals surface area contributed by atoms with E-state index in [1.807, 2.05) is 19.1 Å². The second-order valence-corrected chi connectivity index (χ2v) is 9.39. The van der Waals surface area contributed by atoms with Crippen LogP contribution in [0.1, 0.15) is 28.4 Å². The molecule has 0 unspecified atom stereocenters. The Balaban J connectivity index is 1.77. The van der Waals surface area contributed by atoms with Crippen LogP contribution in [-0.2, 0) is 14.8 Å². The lowest BCUT2D eigenvalue weighted by Crippen LogP contribution is -2.26. The quantitative estimate of drug-likeness (QED) is 0.497. The Bertz CT molecular complexity index is 1290. The van der Waals surface area contributed by atoms with Gasteiger partial charge in [0, 0.05) is 29.7 Å². The van der Waals surface area contributed by atoms with E-state index in [9.17, 15) is 18.0 Å². The van der Waals surface area contributed by atoms with Crippen LogP contribution in [0.25, 0.3) is 0 Å². The van der Waals surface area contributed by atoms with Crippen molar-refractivity contribution in [3.63, 3.8) is 0 Å². The molecule has 0 bridgehead atoms. The Hall–Kier alpha value is -3.85. The molecule has 34 heavy (non-hydrogen) atoms. The molecule has 0 saturated heterocycles. The first-order valence-corrected chi connectivity index (χ1v) is 12.1.